The molecule has 1 aromatic heterocycles. The Kier molecular flexibility index (Phi) is 6.90. The molecule has 0 fully saturated rings. The van der Waals surface area contributed by atoms with Crippen LogP contribution in [-0.4, -0.2) is 0 Å². The fourth-order valence-corrected chi connectivity index (χ4v) is 11.7. The third kappa shape index (κ3) is 4.62. The molecule has 3 aliphatic carbocycles. The highest BCUT2D eigenvalue weighted by Crippen LogP contribution is 2.58. The van der Waals surface area contributed by atoms with E-state index in [2.05, 4.69) is 189 Å². The Morgan fingerprint density at radius 2 is 1.19 bits per heavy atom. The zero-order valence-corrected chi connectivity index (χ0v) is 32.8. The molecule has 0 N–H and O–H groups in total. The fraction of sp³-hybridized carbons (Fsp3) is 0.0909. The molecule has 8 aromatic carbocycles. The van der Waals surface area contributed by atoms with Crippen molar-refractivity contribution < 1.29 is 0 Å². The van der Waals surface area contributed by atoms with E-state index in [1.54, 1.807) is 0 Å². The van der Waals surface area contributed by atoms with Crippen molar-refractivity contribution in [2.75, 3.05) is 4.90 Å². The molecule has 1 nitrogen and oxygen atoms in total. The first-order chi connectivity index (χ1) is 28.0. The molecule has 57 heavy (non-hydrogen) atoms. The molecular formula is C55H39NS. The Bertz CT molecular complexity index is 3160. The first-order valence-corrected chi connectivity index (χ1v) is 20.9. The van der Waals surface area contributed by atoms with Crippen molar-refractivity contribution in [3.05, 3.63) is 204 Å². The number of hydrogen-bond donors (Lipinski definition) is 0. The van der Waals surface area contributed by atoms with Gasteiger partial charge in [-0.05, 0) is 121 Å². The quantitative estimate of drug-likeness (QED) is 0.173. The summed E-state index contributed by atoms with van der Waals surface area (Å²) in [6.07, 6.45) is 0.902. The smallest absolute Gasteiger partial charge is 0.0546 e. The number of benzene rings is 8. The summed E-state index contributed by atoms with van der Waals surface area (Å²) in [6, 6.07) is 63.7. The molecule has 0 spiro atoms. The van der Waals surface area contributed by atoms with E-state index in [0.717, 1.165) is 17.8 Å². The van der Waals surface area contributed by atoms with Gasteiger partial charge in [-0.3, -0.25) is 0 Å². The van der Waals surface area contributed by atoms with Gasteiger partial charge in [-0.15, -0.1) is 11.3 Å². The number of allylic oxidation sites excluding steroid dienone is 1. The highest BCUT2D eigenvalue weighted by atomic mass is 32.1. The van der Waals surface area contributed by atoms with Crippen LogP contribution < -0.4 is 4.90 Å². The molecule has 0 amide bonds. The van der Waals surface area contributed by atoms with E-state index in [1.807, 2.05) is 11.3 Å². The Morgan fingerprint density at radius 1 is 0.544 bits per heavy atom. The molecule has 9 aromatic rings. The van der Waals surface area contributed by atoms with Crippen molar-refractivity contribution >= 4 is 54.1 Å². The number of nitrogens with zero attached hydrogens (tertiary/aromatic N) is 1. The minimum atomic E-state index is -0.0695. The third-order valence-corrected chi connectivity index (χ3v) is 14.3. The average molecular weight is 746 g/mol. The van der Waals surface area contributed by atoms with Crippen LogP contribution in [0.25, 0.3) is 70.3 Å². The highest BCUT2D eigenvalue weighted by molar-refractivity contribution is 7.25. The van der Waals surface area contributed by atoms with Crippen LogP contribution in [0.2, 0.25) is 0 Å². The second kappa shape index (κ2) is 12.0. The minimum absolute atomic E-state index is 0.0695. The summed E-state index contributed by atoms with van der Waals surface area (Å²) >= 11 is 1.87. The molecule has 12 rings (SSSR count). The first kappa shape index (κ1) is 32.7. The van der Waals surface area contributed by atoms with E-state index in [-0.39, 0.29) is 11.3 Å². The summed E-state index contributed by atoms with van der Waals surface area (Å²) in [4.78, 5) is 2.51. The van der Waals surface area contributed by atoms with Crippen molar-refractivity contribution in [2.45, 2.75) is 31.6 Å². The molecule has 0 aliphatic heterocycles. The maximum atomic E-state index is 4.80. The van der Waals surface area contributed by atoms with Crippen molar-refractivity contribution in [1.82, 2.24) is 0 Å². The monoisotopic (exact) mass is 745 g/mol. The van der Waals surface area contributed by atoms with Gasteiger partial charge in [-0.1, -0.05) is 148 Å². The number of anilines is 3. The molecule has 1 heterocycles. The van der Waals surface area contributed by atoms with Gasteiger partial charge >= 0.3 is 0 Å². The van der Waals surface area contributed by atoms with Gasteiger partial charge in [-0.25, -0.2) is 0 Å². The first-order valence-electron chi connectivity index (χ1n) is 20.0. The standard InChI is InChI=1S/C55H39NS/c1-33-31-46-40-14-5-4-13-39(40)42-19-10-20-44(52(42)46)53-37(33)17-11-22-49(53)56(36-29-30-48-45(32-36)41-15-6-8-21-47(41)55(48,2)3)35-27-25-34(26-28-35)38-18-12-24-51-54(38)43-16-7-9-23-50(43)57-51/h4-30,32,46H,1,31H2,2-3H3. The Balaban J connectivity index is 1.09. The van der Waals surface area contributed by atoms with Gasteiger partial charge in [0.25, 0.3) is 0 Å². The number of thiophene rings is 1. The molecule has 0 radical (unpaired) electrons. The van der Waals surface area contributed by atoms with E-state index in [4.69, 9.17) is 6.58 Å². The van der Waals surface area contributed by atoms with Crippen molar-refractivity contribution in [3.8, 4) is 44.5 Å². The molecule has 0 saturated carbocycles. The van der Waals surface area contributed by atoms with Crippen molar-refractivity contribution in [1.29, 1.82) is 0 Å². The second-order valence-corrected chi connectivity index (χ2v) is 17.6. The molecule has 1 atom stereocenters. The maximum absolute atomic E-state index is 4.80. The summed E-state index contributed by atoms with van der Waals surface area (Å²) in [5, 5.41) is 2.66. The predicted octanol–water partition coefficient (Wildman–Crippen LogP) is 15.7. The summed E-state index contributed by atoms with van der Waals surface area (Å²) < 4.78 is 2.65. The molecule has 2 heteroatoms. The lowest BCUT2D eigenvalue weighted by atomic mass is 9.82. The molecule has 3 aliphatic rings. The van der Waals surface area contributed by atoms with Crippen LogP contribution in [0.4, 0.5) is 17.1 Å². The zero-order chi connectivity index (χ0) is 38.0. The van der Waals surface area contributed by atoms with E-state index in [1.165, 1.54) is 104 Å². The molecular weight excluding hydrogens is 707 g/mol. The average Bonchev–Trinajstić information content (AvgIpc) is 3.83. The van der Waals surface area contributed by atoms with E-state index >= 15 is 0 Å². The van der Waals surface area contributed by atoms with Gasteiger partial charge in [0.05, 0.1) is 5.69 Å². The highest BCUT2D eigenvalue weighted by Gasteiger charge is 2.38. The lowest BCUT2D eigenvalue weighted by molar-refractivity contribution is 0.660. The Hall–Kier alpha value is -6.48. The van der Waals surface area contributed by atoms with Crippen LogP contribution in [0.5, 0.6) is 0 Å². The fourth-order valence-electron chi connectivity index (χ4n) is 10.5. The molecule has 1 unspecified atom stereocenters. The minimum Gasteiger partial charge on any atom is -0.310 e. The lowest BCUT2D eigenvalue weighted by Crippen LogP contribution is -2.15. The largest absolute Gasteiger partial charge is 0.310 e. The van der Waals surface area contributed by atoms with Crippen LogP contribution in [0, 0.1) is 0 Å². The number of hydrogen-bond acceptors (Lipinski definition) is 2. The second-order valence-electron chi connectivity index (χ2n) is 16.5. The molecule has 0 saturated heterocycles. The predicted molar refractivity (Wildman–Crippen MR) is 243 cm³/mol. The molecule has 270 valence electrons. The van der Waals surface area contributed by atoms with Gasteiger partial charge in [-0.2, -0.15) is 0 Å². The summed E-state index contributed by atoms with van der Waals surface area (Å²) in [5.74, 6) is 0.280. The summed E-state index contributed by atoms with van der Waals surface area (Å²) in [5.41, 5.74) is 21.8. The summed E-state index contributed by atoms with van der Waals surface area (Å²) in [7, 11) is 0. The normalized spacial score (nSPS) is 15.5. The summed E-state index contributed by atoms with van der Waals surface area (Å²) in [6.45, 7) is 9.52. The van der Waals surface area contributed by atoms with Crippen LogP contribution >= 0.6 is 11.3 Å². The van der Waals surface area contributed by atoms with Gasteiger partial charge in [0.1, 0.15) is 0 Å². The van der Waals surface area contributed by atoms with Gasteiger partial charge in [0, 0.05) is 48.4 Å². The van der Waals surface area contributed by atoms with E-state index in [9.17, 15) is 0 Å². The van der Waals surface area contributed by atoms with Gasteiger partial charge in [0.15, 0.2) is 0 Å². The molecule has 0 bridgehead atoms. The van der Waals surface area contributed by atoms with Crippen molar-refractivity contribution in [2.24, 2.45) is 0 Å². The lowest BCUT2D eigenvalue weighted by Gasteiger charge is -2.30. The maximum Gasteiger partial charge on any atom is 0.0546 e. The Morgan fingerprint density at radius 3 is 2.09 bits per heavy atom. The van der Waals surface area contributed by atoms with E-state index in [0.29, 0.717) is 0 Å². The number of fused-ring (bicyclic) bond motifs is 11. The van der Waals surface area contributed by atoms with Crippen LogP contribution in [0.15, 0.2) is 176 Å². The zero-order valence-electron chi connectivity index (χ0n) is 32.0. The van der Waals surface area contributed by atoms with Gasteiger partial charge < -0.3 is 4.90 Å². The van der Waals surface area contributed by atoms with Gasteiger partial charge in [0.2, 0.25) is 0 Å². The SMILES string of the molecule is C=C1CC2c3ccccc3-c3cccc(c32)-c2c1cccc2N(c1ccc(-c2cccc3sc4ccccc4c23)cc1)c1ccc2c(c1)-c1ccccc1C2(C)C. The number of rotatable bonds is 4. The van der Waals surface area contributed by atoms with Crippen LogP contribution in [0.3, 0.4) is 0 Å². The Labute approximate surface area is 337 Å². The third-order valence-electron chi connectivity index (χ3n) is 13.1. The van der Waals surface area contributed by atoms with E-state index < -0.39 is 0 Å². The van der Waals surface area contributed by atoms with Crippen LogP contribution in [-0.2, 0) is 5.41 Å². The van der Waals surface area contributed by atoms with Crippen molar-refractivity contribution in [3.63, 3.8) is 0 Å². The topological polar surface area (TPSA) is 3.24 Å². The van der Waals surface area contributed by atoms with Crippen LogP contribution in [0.1, 0.15) is 54.0 Å².